The maximum atomic E-state index is 13.8. The van der Waals surface area contributed by atoms with Crippen LogP contribution in [0.25, 0.3) is 0 Å². The van der Waals surface area contributed by atoms with E-state index in [1.165, 1.54) is 12.3 Å². The van der Waals surface area contributed by atoms with Gasteiger partial charge in [0.15, 0.2) is 0 Å². The van der Waals surface area contributed by atoms with Crippen molar-refractivity contribution >= 4 is 5.91 Å². The van der Waals surface area contributed by atoms with Crippen LogP contribution in [0.4, 0.5) is 4.39 Å². The molecule has 0 saturated carbocycles. The molecule has 2 aromatic rings. The number of benzene rings is 1. The summed E-state index contributed by atoms with van der Waals surface area (Å²) in [6.07, 6.45) is 3.42. The Morgan fingerprint density at radius 2 is 2.12 bits per heavy atom. The van der Waals surface area contributed by atoms with Crippen LogP contribution in [-0.4, -0.2) is 45.1 Å². The molecular formula is C18H20FN3O2. The maximum absolute atomic E-state index is 13.8. The molecule has 1 aromatic carbocycles. The summed E-state index contributed by atoms with van der Waals surface area (Å²) in [5.41, 5.74) is 1.63. The molecule has 1 aromatic heterocycles. The topological polar surface area (TPSA) is 66.3 Å². The average Bonchev–Trinajstić information content (AvgIpc) is 2.58. The van der Waals surface area contributed by atoms with Gasteiger partial charge >= 0.3 is 0 Å². The zero-order chi connectivity index (χ0) is 17.1. The molecule has 2 atom stereocenters. The number of aliphatic hydroxyl groups excluding tert-OH is 1. The minimum Gasteiger partial charge on any atom is -0.391 e. The number of piperidine rings is 1. The van der Waals surface area contributed by atoms with E-state index in [0.717, 1.165) is 5.69 Å². The van der Waals surface area contributed by atoms with Crippen molar-refractivity contribution < 1.29 is 14.3 Å². The molecule has 5 nitrogen and oxygen atoms in total. The van der Waals surface area contributed by atoms with Crippen molar-refractivity contribution in [3.05, 3.63) is 59.4 Å². The van der Waals surface area contributed by atoms with Crippen LogP contribution in [-0.2, 0) is 6.42 Å². The average molecular weight is 329 g/mol. The van der Waals surface area contributed by atoms with Crippen LogP contribution in [0.3, 0.4) is 0 Å². The van der Waals surface area contributed by atoms with Crippen LogP contribution >= 0.6 is 0 Å². The van der Waals surface area contributed by atoms with Crippen LogP contribution in [0.1, 0.15) is 28.2 Å². The van der Waals surface area contributed by atoms with Crippen LogP contribution in [0.5, 0.6) is 0 Å². The number of nitrogens with zero attached hydrogens (tertiary/aromatic N) is 3. The minimum absolute atomic E-state index is 0.0601. The van der Waals surface area contributed by atoms with E-state index in [1.54, 1.807) is 36.2 Å². The molecule has 3 rings (SSSR count). The van der Waals surface area contributed by atoms with E-state index in [4.69, 9.17) is 0 Å². The van der Waals surface area contributed by atoms with E-state index in [2.05, 4.69) is 9.97 Å². The summed E-state index contributed by atoms with van der Waals surface area (Å²) in [5, 5.41) is 10.4. The number of hydrogen-bond acceptors (Lipinski definition) is 4. The molecule has 24 heavy (non-hydrogen) atoms. The van der Waals surface area contributed by atoms with Crippen molar-refractivity contribution in [2.75, 3.05) is 13.1 Å². The molecule has 1 fully saturated rings. The van der Waals surface area contributed by atoms with Crippen LogP contribution in [0.15, 0.2) is 36.7 Å². The van der Waals surface area contributed by atoms with E-state index < -0.39 is 6.10 Å². The SMILES string of the molecule is Cc1cnc(C(=O)N2CC[C@H](Cc3ccccc3F)[C@@H](O)C2)cn1. The van der Waals surface area contributed by atoms with Crippen molar-refractivity contribution in [1.29, 1.82) is 0 Å². The summed E-state index contributed by atoms with van der Waals surface area (Å²) in [6.45, 7) is 2.55. The fourth-order valence-corrected chi connectivity index (χ4v) is 3.01. The first kappa shape index (κ1) is 16.5. The monoisotopic (exact) mass is 329 g/mol. The van der Waals surface area contributed by atoms with Gasteiger partial charge in [0.25, 0.3) is 5.91 Å². The molecule has 2 heterocycles. The lowest BCUT2D eigenvalue weighted by atomic mass is 9.87. The summed E-state index contributed by atoms with van der Waals surface area (Å²) in [4.78, 5) is 22.2. The van der Waals surface area contributed by atoms with Crippen LogP contribution in [0.2, 0.25) is 0 Å². The molecule has 1 saturated heterocycles. The Labute approximate surface area is 140 Å². The lowest BCUT2D eigenvalue weighted by Gasteiger charge is -2.35. The predicted octanol–water partition coefficient (Wildman–Crippen LogP) is 1.99. The lowest BCUT2D eigenvalue weighted by Crippen LogP contribution is -2.47. The van der Waals surface area contributed by atoms with Crippen LogP contribution < -0.4 is 0 Å². The Kier molecular flexibility index (Phi) is 4.85. The maximum Gasteiger partial charge on any atom is 0.274 e. The molecule has 0 radical (unpaired) electrons. The Balaban J connectivity index is 1.63. The molecule has 126 valence electrons. The first-order chi connectivity index (χ1) is 11.5. The van der Waals surface area contributed by atoms with Gasteiger partial charge in [0.2, 0.25) is 0 Å². The third-order valence-corrected chi connectivity index (χ3v) is 4.45. The number of β-amino-alcohol motifs (C(OH)–C–C–N with tert-alkyl or cyclic N) is 1. The molecule has 1 amide bonds. The fraction of sp³-hybridized carbons (Fsp3) is 0.389. The van der Waals surface area contributed by atoms with E-state index >= 15 is 0 Å². The van der Waals surface area contributed by atoms with Gasteiger partial charge in [-0.15, -0.1) is 0 Å². The number of likely N-dealkylation sites (tertiary alicyclic amines) is 1. The highest BCUT2D eigenvalue weighted by Gasteiger charge is 2.31. The summed E-state index contributed by atoms with van der Waals surface area (Å²) < 4.78 is 13.8. The van der Waals surface area contributed by atoms with Crippen LogP contribution in [0, 0.1) is 18.7 Å². The summed E-state index contributed by atoms with van der Waals surface area (Å²) in [6, 6.07) is 6.61. The third kappa shape index (κ3) is 3.59. The molecule has 0 bridgehead atoms. The second-order valence-corrected chi connectivity index (χ2v) is 6.21. The van der Waals surface area contributed by atoms with Crippen molar-refractivity contribution in [1.82, 2.24) is 14.9 Å². The van der Waals surface area contributed by atoms with E-state index in [9.17, 15) is 14.3 Å². The smallest absolute Gasteiger partial charge is 0.274 e. The molecule has 1 aliphatic rings. The fourth-order valence-electron chi connectivity index (χ4n) is 3.01. The van der Waals surface area contributed by atoms with Gasteiger partial charge in [-0.25, -0.2) is 9.37 Å². The Morgan fingerprint density at radius 1 is 1.33 bits per heavy atom. The third-order valence-electron chi connectivity index (χ3n) is 4.45. The van der Waals surface area contributed by atoms with Gasteiger partial charge in [-0.3, -0.25) is 9.78 Å². The van der Waals surface area contributed by atoms with Gasteiger partial charge in [-0.05, 0) is 37.3 Å². The number of halogens is 1. The first-order valence-electron chi connectivity index (χ1n) is 8.04. The standard InChI is InChI=1S/C18H20FN3O2/c1-12-9-21-16(10-20-12)18(24)22-7-6-14(17(23)11-22)8-13-4-2-3-5-15(13)19/h2-5,9-10,14,17,23H,6-8,11H2,1H3/t14-,17+/m1/s1. The summed E-state index contributed by atoms with van der Waals surface area (Å²) in [5.74, 6) is -0.543. The molecule has 0 aliphatic carbocycles. The number of aryl methyl sites for hydroxylation is 1. The zero-order valence-corrected chi connectivity index (χ0v) is 13.5. The van der Waals surface area contributed by atoms with Crippen molar-refractivity contribution in [2.45, 2.75) is 25.9 Å². The molecule has 6 heteroatoms. The minimum atomic E-state index is -0.680. The molecular weight excluding hydrogens is 309 g/mol. The van der Waals surface area contributed by atoms with Gasteiger partial charge in [0.05, 0.1) is 18.0 Å². The number of hydrogen-bond donors (Lipinski definition) is 1. The second kappa shape index (κ2) is 7.05. The van der Waals surface area contributed by atoms with Crippen molar-refractivity contribution in [3.8, 4) is 0 Å². The normalized spacial score (nSPS) is 20.9. The van der Waals surface area contributed by atoms with E-state index in [0.29, 0.717) is 24.9 Å². The molecule has 0 spiro atoms. The van der Waals surface area contributed by atoms with Gasteiger partial charge in [0.1, 0.15) is 11.5 Å². The van der Waals surface area contributed by atoms with Gasteiger partial charge in [0, 0.05) is 19.3 Å². The second-order valence-electron chi connectivity index (χ2n) is 6.21. The first-order valence-corrected chi connectivity index (χ1v) is 8.04. The number of carbonyl (C=O) groups excluding carboxylic acids is 1. The Hall–Kier alpha value is -2.34. The predicted molar refractivity (Wildman–Crippen MR) is 86.9 cm³/mol. The number of aliphatic hydroxyl groups is 1. The highest BCUT2D eigenvalue weighted by molar-refractivity contribution is 5.92. The Bertz CT molecular complexity index is 720. The van der Waals surface area contributed by atoms with E-state index in [1.807, 2.05) is 0 Å². The number of carbonyl (C=O) groups is 1. The van der Waals surface area contributed by atoms with Gasteiger partial charge in [-0.1, -0.05) is 18.2 Å². The number of aromatic nitrogens is 2. The van der Waals surface area contributed by atoms with Gasteiger partial charge in [-0.2, -0.15) is 0 Å². The van der Waals surface area contributed by atoms with Gasteiger partial charge < -0.3 is 10.0 Å². The summed E-state index contributed by atoms with van der Waals surface area (Å²) >= 11 is 0. The largest absolute Gasteiger partial charge is 0.391 e. The van der Waals surface area contributed by atoms with E-state index in [-0.39, 0.29) is 29.9 Å². The molecule has 1 aliphatic heterocycles. The van der Waals surface area contributed by atoms with Crippen molar-refractivity contribution in [3.63, 3.8) is 0 Å². The molecule has 1 N–H and O–H groups in total. The lowest BCUT2D eigenvalue weighted by molar-refractivity contribution is 0.0192. The van der Waals surface area contributed by atoms with Crippen molar-refractivity contribution in [2.24, 2.45) is 5.92 Å². The summed E-state index contributed by atoms with van der Waals surface area (Å²) in [7, 11) is 0. The highest BCUT2D eigenvalue weighted by atomic mass is 19.1. The number of amides is 1. The zero-order valence-electron chi connectivity index (χ0n) is 13.5. The molecule has 0 unspecified atom stereocenters. The highest BCUT2D eigenvalue weighted by Crippen LogP contribution is 2.24. The Morgan fingerprint density at radius 3 is 2.79 bits per heavy atom. The number of rotatable bonds is 3. The quantitative estimate of drug-likeness (QED) is 0.935.